The quantitative estimate of drug-likeness (QED) is 0.801. The Bertz CT molecular complexity index is 360. The summed E-state index contributed by atoms with van der Waals surface area (Å²) in [6.07, 6.45) is 5.38. The molecule has 0 radical (unpaired) electrons. The van der Waals surface area contributed by atoms with Gasteiger partial charge in [0.25, 0.3) is 0 Å². The van der Waals surface area contributed by atoms with Crippen LogP contribution in [0.1, 0.15) is 24.8 Å². The van der Waals surface area contributed by atoms with Crippen LogP contribution in [0.5, 0.6) is 0 Å². The van der Waals surface area contributed by atoms with Gasteiger partial charge in [0.1, 0.15) is 0 Å². The first-order chi connectivity index (χ1) is 6.75. The number of rotatable bonds is 1. The average Bonchev–Trinajstić information content (AvgIpc) is 2.19. The molecule has 0 heterocycles. The molecule has 2 rings (SSSR count). The van der Waals surface area contributed by atoms with Gasteiger partial charge in [-0.2, -0.15) is 0 Å². The molecule has 0 saturated heterocycles. The molecule has 0 saturated carbocycles. The van der Waals surface area contributed by atoms with Crippen LogP contribution in [0.3, 0.4) is 0 Å². The molecule has 1 unspecified atom stereocenters. The van der Waals surface area contributed by atoms with Crippen LogP contribution < -0.4 is 5.73 Å². The minimum atomic E-state index is 0. The van der Waals surface area contributed by atoms with E-state index in [0.29, 0.717) is 6.04 Å². The van der Waals surface area contributed by atoms with Crippen molar-refractivity contribution in [1.82, 2.24) is 0 Å². The molecule has 0 amide bonds. The van der Waals surface area contributed by atoms with E-state index < -0.39 is 0 Å². The molecule has 1 aromatic carbocycles. The summed E-state index contributed by atoms with van der Waals surface area (Å²) in [5.41, 5.74) is 8.46. The maximum atomic E-state index is 5.94. The number of halogens is 2. The number of allylic oxidation sites excluding steroid dienone is 1. The molecule has 1 aliphatic carbocycles. The van der Waals surface area contributed by atoms with Gasteiger partial charge in [-0.3, -0.25) is 0 Å². The van der Waals surface area contributed by atoms with E-state index in [4.69, 9.17) is 17.3 Å². The predicted molar refractivity (Wildman–Crippen MR) is 68.5 cm³/mol. The molecule has 1 aromatic rings. The number of hydrogen-bond donors (Lipinski definition) is 1. The second-order valence-electron chi connectivity index (χ2n) is 3.77. The lowest BCUT2D eigenvalue weighted by Crippen LogP contribution is -2.21. The van der Waals surface area contributed by atoms with E-state index in [1.165, 1.54) is 11.1 Å². The van der Waals surface area contributed by atoms with E-state index in [1.807, 2.05) is 18.2 Å². The second kappa shape index (κ2) is 5.55. The monoisotopic (exact) mass is 243 g/mol. The fourth-order valence-corrected chi connectivity index (χ4v) is 2.00. The van der Waals surface area contributed by atoms with Crippen LogP contribution >= 0.6 is 24.0 Å². The van der Waals surface area contributed by atoms with Crippen molar-refractivity contribution in [3.05, 3.63) is 40.9 Å². The second-order valence-corrected chi connectivity index (χ2v) is 4.21. The molecular weight excluding hydrogens is 229 g/mol. The number of hydrogen-bond acceptors (Lipinski definition) is 1. The van der Waals surface area contributed by atoms with E-state index in [0.717, 1.165) is 24.3 Å². The summed E-state index contributed by atoms with van der Waals surface area (Å²) in [7, 11) is 0. The highest BCUT2D eigenvalue weighted by Gasteiger charge is 2.11. The van der Waals surface area contributed by atoms with Crippen molar-refractivity contribution in [3.63, 3.8) is 0 Å². The Hall–Kier alpha value is -0.500. The molecule has 1 aliphatic rings. The summed E-state index contributed by atoms with van der Waals surface area (Å²) in [6.45, 7) is 0. The van der Waals surface area contributed by atoms with E-state index in [1.54, 1.807) is 0 Å². The van der Waals surface area contributed by atoms with Crippen LogP contribution in [0.25, 0.3) is 5.57 Å². The van der Waals surface area contributed by atoms with Crippen LogP contribution in [0, 0.1) is 0 Å². The molecule has 15 heavy (non-hydrogen) atoms. The zero-order chi connectivity index (χ0) is 9.97. The molecule has 0 aliphatic heterocycles. The Morgan fingerprint density at radius 2 is 2.13 bits per heavy atom. The molecule has 0 aromatic heterocycles. The van der Waals surface area contributed by atoms with Gasteiger partial charge < -0.3 is 5.73 Å². The molecule has 0 spiro atoms. The fourth-order valence-electron chi connectivity index (χ4n) is 1.80. The Morgan fingerprint density at radius 3 is 2.73 bits per heavy atom. The Kier molecular flexibility index (Phi) is 4.65. The first kappa shape index (κ1) is 12.6. The summed E-state index contributed by atoms with van der Waals surface area (Å²) in [5, 5.41) is 0.804. The highest BCUT2D eigenvalue weighted by atomic mass is 35.5. The topological polar surface area (TPSA) is 26.0 Å². The van der Waals surface area contributed by atoms with Crippen LogP contribution in [0.2, 0.25) is 5.02 Å². The lowest BCUT2D eigenvalue weighted by Gasteiger charge is -2.18. The lowest BCUT2D eigenvalue weighted by atomic mass is 9.91. The first-order valence-electron chi connectivity index (χ1n) is 4.96. The van der Waals surface area contributed by atoms with Gasteiger partial charge >= 0.3 is 0 Å². The molecule has 1 nitrogen and oxygen atoms in total. The van der Waals surface area contributed by atoms with Crippen LogP contribution in [0.4, 0.5) is 0 Å². The smallest absolute Gasteiger partial charge is 0.0412 e. The van der Waals surface area contributed by atoms with Crippen molar-refractivity contribution >= 4 is 29.6 Å². The van der Waals surface area contributed by atoms with Crippen molar-refractivity contribution in [2.75, 3.05) is 0 Å². The minimum absolute atomic E-state index is 0. The molecular formula is C12H15Cl2N. The van der Waals surface area contributed by atoms with E-state index in [9.17, 15) is 0 Å². The Labute approximate surface area is 102 Å². The highest BCUT2D eigenvalue weighted by molar-refractivity contribution is 6.30. The van der Waals surface area contributed by atoms with Gasteiger partial charge in [-0.25, -0.2) is 0 Å². The summed E-state index contributed by atoms with van der Waals surface area (Å²) >= 11 is 5.94. The maximum absolute atomic E-state index is 5.94. The fraction of sp³-hybridized carbons (Fsp3) is 0.333. The van der Waals surface area contributed by atoms with Gasteiger partial charge in [-0.05, 0) is 42.5 Å². The van der Waals surface area contributed by atoms with Gasteiger partial charge in [0.05, 0.1) is 0 Å². The minimum Gasteiger partial charge on any atom is -0.327 e. The molecule has 2 N–H and O–H groups in total. The van der Waals surface area contributed by atoms with Crippen LogP contribution in [-0.4, -0.2) is 6.04 Å². The van der Waals surface area contributed by atoms with Crippen molar-refractivity contribution in [1.29, 1.82) is 0 Å². The standard InChI is InChI=1S/C12H14ClN.ClH/c13-11-3-1-2-10(8-11)9-4-6-12(14)7-5-9;/h1-4,8,12H,5-7,14H2;1H. The number of nitrogens with two attached hydrogens (primary N) is 1. The average molecular weight is 244 g/mol. The summed E-state index contributed by atoms with van der Waals surface area (Å²) in [4.78, 5) is 0. The molecule has 3 heteroatoms. The Morgan fingerprint density at radius 1 is 1.33 bits per heavy atom. The van der Waals surface area contributed by atoms with Gasteiger partial charge in [0.15, 0.2) is 0 Å². The maximum Gasteiger partial charge on any atom is 0.0412 e. The third-order valence-corrected chi connectivity index (χ3v) is 2.88. The van der Waals surface area contributed by atoms with Gasteiger partial charge in [-0.1, -0.05) is 29.8 Å². The normalized spacial score (nSPS) is 20.4. The molecule has 0 fully saturated rings. The van der Waals surface area contributed by atoms with Gasteiger partial charge in [0.2, 0.25) is 0 Å². The summed E-state index contributed by atoms with van der Waals surface area (Å²) in [6, 6.07) is 8.37. The van der Waals surface area contributed by atoms with Crippen molar-refractivity contribution in [2.45, 2.75) is 25.3 Å². The highest BCUT2D eigenvalue weighted by Crippen LogP contribution is 2.27. The van der Waals surface area contributed by atoms with Crippen molar-refractivity contribution in [3.8, 4) is 0 Å². The van der Waals surface area contributed by atoms with Crippen LogP contribution in [-0.2, 0) is 0 Å². The van der Waals surface area contributed by atoms with Crippen LogP contribution in [0.15, 0.2) is 30.3 Å². The zero-order valence-electron chi connectivity index (χ0n) is 8.45. The summed E-state index contributed by atoms with van der Waals surface area (Å²) < 4.78 is 0. The summed E-state index contributed by atoms with van der Waals surface area (Å²) in [5.74, 6) is 0. The van der Waals surface area contributed by atoms with Gasteiger partial charge in [-0.15, -0.1) is 12.4 Å². The van der Waals surface area contributed by atoms with E-state index >= 15 is 0 Å². The van der Waals surface area contributed by atoms with Crippen molar-refractivity contribution < 1.29 is 0 Å². The first-order valence-corrected chi connectivity index (χ1v) is 5.34. The SMILES string of the molecule is Cl.NC1CC=C(c2cccc(Cl)c2)CC1. The lowest BCUT2D eigenvalue weighted by molar-refractivity contribution is 0.614. The van der Waals surface area contributed by atoms with Gasteiger partial charge in [0, 0.05) is 11.1 Å². The van der Waals surface area contributed by atoms with Crippen molar-refractivity contribution in [2.24, 2.45) is 5.73 Å². The molecule has 82 valence electrons. The van der Waals surface area contributed by atoms with E-state index in [2.05, 4.69) is 12.1 Å². The molecule has 1 atom stereocenters. The third kappa shape index (κ3) is 3.23. The largest absolute Gasteiger partial charge is 0.327 e. The molecule has 0 bridgehead atoms. The zero-order valence-corrected chi connectivity index (χ0v) is 10.0. The third-order valence-electron chi connectivity index (χ3n) is 2.65. The Balaban J connectivity index is 0.00000112. The number of benzene rings is 1. The predicted octanol–water partition coefficient (Wildman–Crippen LogP) is 3.66. The van der Waals surface area contributed by atoms with E-state index in [-0.39, 0.29) is 12.4 Å².